The van der Waals surface area contributed by atoms with Crippen molar-refractivity contribution in [3.63, 3.8) is 0 Å². The van der Waals surface area contributed by atoms with Gasteiger partial charge in [-0.15, -0.1) is 0 Å². The highest BCUT2D eigenvalue weighted by Gasteiger charge is 2.54. The monoisotopic (exact) mass is 676 g/mol. The van der Waals surface area contributed by atoms with Crippen LogP contribution in [0.3, 0.4) is 0 Å². The largest absolute Gasteiger partial charge is 0.386 e. The molecule has 0 aliphatic carbocycles. The summed E-state index contributed by atoms with van der Waals surface area (Å²) in [7, 11) is -3.05. The summed E-state index contributed by atoms with van der Waals surface area (Å²) in [5.41, 5.74) is -1.32. The quantitative estimate of drug-likeness (QED) is 0.148. The van der Waals surface area contributed by atoms with Crippen molar-refractivity contribution in [1.82, 2.24) is 39.0 Å². The molecule has 44 heavy (non-hydrogen) atoms. The SMILES string of the molecule is BP1(=O)OC[C@H]2O[C@@H](n3cnc4c(=O)[nH]cnc43)C(F)C2OP(=O)(S)OC[C@H]2O[C@@H](n3cnc4c(=O)[nH]cnc43)C(F)C2O1. The number of hydrogen-bond donors (Lipinski definition) is 3. The van der Waals surface area contributed by atoms with Crippen LogP contribution in [0.25, 0.3) is 22.3 Å². The number of fused-ring (bicyclic) bond motifs is 4. The zero-order valence-corrected chi connectivity index (χ0v) is 24.9. The highest BCUT2D eigenvalue weighted by Crippen LogP contribution is 2.58. The first-order valence-electron chi connectivity index (χ1n) is 12.9. The van der Waals surface area contributed by atoms with Crippen LogP contribution < -0.4 is 11.1 Å². The number of aromatic amines is 2. The molecule has 2 N–H and O–H groups in total. The van der Waals surface area contributed by atoms with E-state index in [1.165, 1.54) is 0 Å². The predicted molar refractivity (Wildman–Crippen MR) is 148 cm³/mol. The van der Waals surface area contributed by atoms with Crippen LogP contribution in [-0.2, 0) is 36.7 Å². The van der Waals surface area contributed by atoms with Crippen molar-refractivity contribution in [3.05, 3.63) is 46.0 Å². The Balaban J connectivity index is 1.17. The lowest BCUT2D eigenvalue weighted by molar-refractivity contribution is -0.0546. The fraction of sp³-hybridized carbons (Fsp3) is 0.500. The number of alkyl halides is 2. The van der Waals surface area contributed by atoms with Crippen molar-refractivity contribution in [3.8, 4) is 0 Å². The van der Waals surface area contributed by atoms with Crippen LogP contribution in [0.1, 0.15) is 12.5 Å². The lowest BCUT2D eigenvalue weighted by Crippen LogP contribution is -2.37. The van der Waals surface area contributed by atoms with Crippen LogP contribution in [0.5, 0.6) is 0 Å². The first-order valence-corrected chi connectivity index (χ1v) is 17.6. The Bertz CT molecular complexity index is 1820. The number of hydrogen-bond acceptors (Lipinski definition) is 14. The molecule has 4 aromatic rings. The second kappa shape index (κ2) is 10.9. The molecule has 3 saturated heterocycles. The van der Waals surface area contributed by atoms with Gasteiger partial charge in [0.15, 0.2) is 47.1 Å². The van der Waals surface area contributed by atoms with E-state index in [0.717, 1.165) is 42.0 Å². The lowest BCUT2D eigenvalue weighted by Gasteiger charge is -2.29. The minimum atomic E-state index is -4.41. The molecule has 3 aliphatic heterocycles. The Hall–Kier alpha value is -2.81. The second-order valence-corrected chi connectivity index (χ2v) is 15.0. The number of H-pyrrole nitrogens is 2. The zero-order chi connectivity index (χ0) is 31.0. The number of imidazole rings is 2. The van der Waals surface area contributed by atoms with Gasteiger partial charge in [-0.05, 0) is 0 Å². The van der Waals surface area contributed by atoms with Gasteiger partial charge in [0, 0.05) is 0 Å². The summed E-state index contributed by atoms with van der Waals surface area (Å²) < 4.78 is 94.4. The first-order chi connectivity index (χ1) is 20.9. The maximum absolute atomic E-state index is 15.9. The predicted octanol–water partition coefficient (Wildman–Crippen LogP) is 0.320. The van der Waals surface area contributed by atoms with Gasteiger partial charge in [0.1, 0.15) is 24.4 Å². The zero-order valence-electron chi connectivity index (χ0n) is 22.2. The Morgan fingerprint density at radius 2 is 1.30 bits per heavy atom. The molecule has 24 heteroatoms. The Labute approximate surface area is 249 Å². The van der Waals surface area contributed by atoms with Crippen LogP contribution in [0, 0.1) is 0 Å². The maximum Gasteiger partial charge on any atom is 0.386 e. The van der Waals surface area contributed by atoms with Gasteiger partial charge in [-0.2, -0.15) is 0 Å². The third kappa shape index (κ3) is 5.17. The van der Waals surface area contributed by atoms with Crippen LogP contribution in [0.4, 0.5) is 8.78 Å². The van der Waals surface area contributed by atoms with Crippen molar-refractivity contribution < 1.29 is 45.5 Å². The van der Waals surface area contributed by atoms with Crippen LogP contribution in [0.15, 0.2) is 34.9 Å². The van der Waals surface area contributed by atoms with Crippen molar-refractivity contribution in [1.29, 1.82) is 0 Å². The van der Waals surface area contributed by atoms with E-state index in [1.807, 2.05) is 0 Å². The third-order valence-corrected chi connectivity index (χ3v) is 10.1. The molecule has 234 valence electrons. The topological polar surface area (TPSA) is 217 Å². The second-order valence-electron chi connectivity index (χ2n) is 10.1. The van der Waals surface area contributed by atoms with Gasteiger partial charge in [0.2, 0.25) is 0 Å². The number of rotatable bonds is 2. The van der Waals surface area contributed by atoms with Gasteiger partial charge in [-0.25, -0.2) is 33.3 Å². The molecule has 18 nitrogen and oxygen atoms in total. The third-order valence-electron chi connectivity index (χ3n) is 7.26. The molecule has 0 aromatic carbocycles. The van der Waals surface area contributed by atoms with Gasteiger partial charge in [0.05, 0.1) is 38.5 Å². The number of thiol groups is 1. The number of nitrogens with one attached hydrogen (secondary N) is 2. The minimum Gasteiger partial charge on any atom is -0.346 e. The molecule has 4 aromatic heterocycles. The van der Waals surface area contributed by atoms with Gasteiger partial charge >= 0.3 is 6.80 Å². The van der Waals surface area contributed by atoms with E-state index in [1.54, 1.807) is 0 Å². The fourth-order valence-electron chi connectivity index (χ4n) is 5.27. The summed E-state index contributed by atoms with van der Waals surface area (Å²) in [4.78, 5) is 44.8. The molecule has 7 heterocycles. The van der Waals surface area contributed by atoms with Crippen LogP contribution in [0.2, 0.25) is 0 Å². The number of ether oxygens (including phenoxy) is 2. The lowest BCUT2D eigenvalue weighted by atomic mass is 10.1. The van der Waals surface area contributed by atoms with Gasteiger partial charge in [-0.3, -0.25) is 32.3 Å². The van der Waals surface area contributed by atoms with Crippen molar-refractivity contribution in [2.75, 3.05) is 13.2 Å². The average molecular weight is 676 g/mol. The Kier molecular flexibility index (Phi) is 7.42. The van der Waals surface area contributed by atoms with E-state index >= 15 is 8.78 Å². The number of halogens is 2. The molecular weight excluding hydrogens is 655 g/mol. The highest BCUT2D eigenvalue weighted by molar-refractivity contribution is 8.44. The molecular formula is C20H21BF2N8O10P2S. The highest BCUT2D eigenvalue weighted by atomic mass is 32.7. The fourth-order valence-corrected chi connectivity index (χ4v) is 7.92. The summed E-state index contributed by atoms with van der Waals surface area (Å²) in [5, 5.41) is 0. The summed E-state index contributed by atoms with van der Waals surface area (Å²) in [6.07, 6.45) is -8.58. The number of nitrogens with zero attached hydrogens (tertiary/aromatic N) is 6. The molecule has 7 rings (SSSR count). The first kappa shape index (κ1) is 29.9. The van der Waals surface area contributed by atoms with E-state index < -0.39 is 87.8 Å². The van der Waals surface area contributed by atoms with Crippen molar-refractivity contribution >= 4 is 56.4 Å². The Morgan fingerprint density at radius 3 is 1.82 bits per heavy atom. The standard InChI is InChI=1S/C20H21BF2N8O10P2S/c21-42(34)36-1-7-14(10(23)20(38-7)31-6-29-12-16(31)25-4-27-18(12)33)41-43(35,44)37-2-8-13(40-42)9(22)19(39-8)30-5-28-11-15(30)24-3-26-17(11)32/h3-10,13-14,19-20H,1-2,21H2,(H,35,44)(H,24,26,32)(H,25,27,33)/t7-,8-,9?,10?,13?,14?,19-,20-,42?,43?/m1/s1. The van der Waals surface area contributed by atoms with E-state index in [4.69, 9.17) is 27.6 Å². The molecule has 10 atom stereocenters. The molecule has 0 spiro atoms. The van der Waals surface area contributed by atoms with E-state index in [2.05, 4.69) is 42.2 Å². The van der Waals surface area contributed by atoms with Gasteiger partial charge in [0.25, 0.3) is 26.2 Å². The molecule has 0 radical (unpaired) electrons. The van der Waals surface area contributed by atoms with Gasteiger partial charge in [-0.1, -0.05) is 12.2 Å². The molecule has 0 saturated carbocycles. The van der Waals surface area contributed by atoms with Crippen LogP contribution >= 0.6 is 26.5 Å². The summed E-state index contributed by atoms with van der Waals surface area (Å²) in [5.74, 6) is 0. The summed E-state index contributed by atoms with van der Waals surface area (Å²) in [6, 6.07) is 0. The normalized spacial score (nSPS) is 38.2. The smallest absolute Gasteiger partial charge is 0.346 e. The molecule has 0 bridgehead atoms. The Morgan fingerprint density at radius 1 is 0.818 bits per heavy atom. The summed E-state index contributed by atoms with van der Waals surface area (Å²) >= 11 is 3.97. The van der Waals surface area contributed by atoms with Crippen molar-refractivity contribution in [2.45, 2.75) is 49.2 Å². The molecule has 3 fully saturated rings. The van der Waals surface area contributed by atoms with Gasteiger partial charge < -0.3 is 28.5 Å². The summed E-state index contributed by atoms with van der Waals surface area (Å²) in [6.45, 7) is -5.70. The molecule has 0 amide bonds. The average Bonchev–Trinajstić information content (AvgIpc) is 3.73. The number of aromatic nitrogens is 8. The van der Waals surface area contributed by atoms with Crippen molar-refractivity contribution in [2.24, 2.45) is 0 Å². The molecule has 3 aliphatic rings. The van der Waals surface area contributed by atoms with Crippen LogP contribution in [-0.4, -0.2) is 96.6 Å². The van der Waals surface area contributed by atoms with E-state index in [0.29, 0.717) is 0 Å². The van der Waals surface area contributed by atoms with E-state index in [-0.39, 0.29) is 22.3 Å². The minimum absolute atomic E-state index is 0.00207. The van der Waals surface area contributed by atoms with E-state index in [9.17, 15) is 18.7 Å². The maximum atomic E-state index is 15.9. The molecule has 6 unspecified atom stereocenters.